The van der Waals surface area contributed by atoms with Crippen LogP contribution < -0.4 is 0 Å². The van der Waals surface area contributed by atoms with Crippen molar-refractivity contribution in [2.75, 3.05) is 26.4 Å². The van der Waals surface area contributed by atoms with E-state index in [-0.39, 0.29) is 6.29 Å². The Labute approximate surface area is 254 Å². The van der Waals surface area contributed by atoms with Crippen molar-refractivity contribution >= 4 is 6.29 Å². The largest absolute Gasteiger partial charge is 0.394 e. The van der Waals surface area contributed by atoms with Gasteiger partial charge in [0.25, 0.3) is 0 Å². The Bertz CT molecular complexity index is 897. The van der Waals surface area contributed by atoms with E-state index in [0.717, 1.165) is 0 Å². The van der Waals surface area contributed by atoms with Crippen molar-refractivity contribution in [3.63, 3.8) is 0 Å². The summed E-state index contributed by atoms with van der Waals surface area (Å²) in [7, 11) is 0. The van der Waals surface area contributed by atoms with Crippen molar-refractivity contribution in [1.82, 2.24) is 0 Å². The minimum Gasteiger partial charge on any atom is -0.394 e. The van der Waals surface area contributed by atoms with Gasteiger partial charge in [-0.2, -0.15) is 0 Å². The maximum absolute atomic E-state index is 11.1. The Hall–Kier alpha value is -1.13. The third-order valence-corrected chi connectivity index (χ3v) is 7.76. The number of rotatable bonds is 14. The van der Waals surface area contributed by atoms with E-state index in [4.69, 9.17) is 33.5 Å². The van der Waals surface area contributed by atoms with Crippen molar-refractivity contribution < 1.29 is 105 Å². The Balaban J connectivity index is 1.78. The highest BCUT2D eigenvalue weighted by molar-refractivity contribution is 5.56. The number of hydrogen-bond donors (Lipinski definition) is 14. The average molecular weight is 667 g/mol. The number of aldehydes is 1. The van der Waals surface area contributed by atoms with Crippen LogP contribution in [0, 0.1) is 0 Å². The number of hydrogen-bond acceptors (Lipinski definition) is 21. The molecular formula is C24H42O21. The molecule has 0 aliphatic carbocycles. The number of carbonyl (C=O) groups excluding carboxylic acids is 1. The van der Waals surface area contributed by atoms with E-state index in [1.54, 1.807) is 0 Å². The van der Waals surface area contributed by atoms with Crippen molar-refractivity contribution in [1.29, 1.82) is 0 Å². The highest BCUT2D eigenvalue weighted by Gasteiger charge is 2.54. The second-order valence-electron chi connectivity index (χ2n) is 10.8. The summed E-state index contributed by atoms with van der Waals surface area (Å²) < 4.78 is 32.3. The summed E-state index contributed by atoms with van der Waals surface area (Å²) in [5.41, 5.74) is 0. The molecule has 3 aliphatic rings. The van der Waals surface area contributed by atoms with Gasteiger partial charge in [0.1, 0.15) is 97.7 Å². The lowest BCUT2D eigenvalue weighted by molar-refractivity contribution is -0.383. The molecule has 3 rings (SSSR count). The Kier molecular flexibility index (Phi) is 14.3. The normalized spacial score (nSPS) is 45.4. The average Bonchev–Trinajstić information content (AvgIpc) is 3.04. The van der Waals surface area contributed by atoms with Crippen LogP contribution in [0.25, 0.3) is 0 Å². The van der Waals surface area contributed by atoms with E-state index in [0.29, 0.717) is 0 Å². The summed E-state index contributed by atoms with van der Waals surface area (Å²) >= 11 is 0. The molecule has 21 nitrogen and oxygen atoms in total. The molecule has 3 heterocycles. The van der Waals surface area contributed by atoms with Crippen LogP contribution in [-0.4, -0.2) is 221 Å². The van der Waals surface area contributed by atoms with Crippen LogP contribution in [0.4, 0.5) is 0 Å². The topological polar surface area (TPSA) is 356 Å². The highest BCUT2D eigenvalue weighted by atomic mass is 16.8. The maximum Gasteiger partial charge on any atom is 0.187 e. The molecule has 0 aromatic heterocycles. The van der Waals surface area contributed by atoms with Crippen LogP contribution in [0.2, 0.25) is 0 Å². The number of ether oxygens (including phenoxy) is 6. The SMILES string of the molecule is O=CC(O)C(OC1OC(CO)C(OC2OC(CO)C(O)C(OC3OC(CO)C(O)C(O)C3O)C2O)C(O)C1O)C(O)C(O)CO. The maximum atomic E-state index is 11.1. The number of aliphatic hydroxyl groups excluding tert-OH is 14. The first-order valence-electron chi connectivity index (χ1n) is 13.9. The van der Waals surface area contributed by atoms with Crippen LogP contribution >= 0.6 is 0 Å². The van der Waals surface area contributed by atoms with Crippen LogP contribution in [0.1, 0.15) is 0 Å². The van der Waals surface area contributed by atoms with Gasteiger partial charge in [0.15, 0.2) is 25.2 Å². The number of carbonyl (C=O) groups is 1. The third kappa shape index (κ3) is 8.30. The fraction of sp³-hybridized carbons (Fsp3) is 0.958. The van der Waals surface area contributed by atoms with Gasteiger partial charge in [-0.25, -0.2) is 0 Å². The van der Waals surface area contributed by atoms with E-state index in [1.165, 1.54) is 0 Å². The molecule has 0 bridgehead atoms. The summed E-state index contributed by atoms with van der Waals surface area (Å²) in [5.74, 6) is 0. The molecule has 14 N–H and O–H groups in total. The standard InChI is InChI=1S/C24H42O21/c25-1-6(30)11(32)19(7(31)2-26)43-23-17(38)15(36)20(10(5-29)42-23)44-24-18(39)21(13(34)9(4-28)41-24)45-22-16(37)14(35)12(33)8(3-27)40-22/h2,6-25,27-39H,1,3-5H2. The quantitative estimate of drug-likeness (QED) is 0.0765. The van der Waals surface area contributed by atoms with E-state index in [9.17, 15) is 71.2 Å². The lowest BCUT2D eigenvalue weighted by Crippen LogP contribution is -2.67. The monoisotopic (exact) mass is 666 g/mol. The zero-order chi connectivity index (χ0) is 33.7. The Morgan fingerprint density at radius 2 is 1.07 bits per heavy atom. The van der Waals surface area contributed by atoms with E-state index >= 15 is 0 Å². The van der Waals surface area contributed by atoms with Crippen molar-refractivity contribution in [3.8, 4) is 0 Å². The van der Waals surface area contributed by atoms with Crippen molar-refractivity contribution in [2.24, 2.45) is 0 Å². The molecule has 0 aromatic carbocycles. The van der Waals surface area contributed by atoms with E-state index in [1.807, 2.05) is 0 Å². The van der Waals surface area contributed by atoms with Crippen molar-refractivity contribution in [2.45, 2.75) is 117 Å². The first-order chi connectivity index (χ1) is 21.2. The zero-order valence-corrected chi connectivity index (χ0v) is 23.5. The molecule has 21 heteroatoms. The van der Waals surface area contributed by atoms with Gasteiger partial charge in [0, 0.05) is 0 Å². The molecular weight excluding hydrogens is 624 g/mol. The summed E-state index contributed by atoms with van der Waals surface area (Å²) in [6, 6.07) is 0. The van der Waals surface area contributed by atoms with Gasteiger partial charge in [0.05, 0.1) is 26.4 Å². The lowest BCUT2D eigenvalue weighted by Gasteiger charge is -2.48. The number of aliphatic hydroxyl groups is 14. The molecule has 0 aromatic rings. The Morgan fingerprint density at radius 3 is 1.60 bits per heavy atom. The molecule has 0 radical (unpaired) electrons. The summed E-state index contributed by atoms with van der Waals surface area (Å²) in [5, 5.41) is 142. The first kappa shape index (κ1) is 38.3. The Morgan fingerprint density at radius 1 is 0.578 bits per heavy atom. The van der Waals surface area contributed by atoms with Crippen LogP contribution in [0.5, 0.6) is 0 Å². The predicted molar refractivity (Wildman–Crippen MR) is 135 cm³/mol. The van der Waals surface area contributed by atoms with Gasteiger partial charge >= 0.3 is 0 Å². The fourth-order valence-corrected chi connectivity index (χ4v) is 5.07. The summed E-state index contributed by atoms with van der Waals surface area (Å²) in [4.78, 5) is 11.1. The second kappa shape index (κ2) is 16.8. The smallest absolute Gasteiger partial charge is 0.187 e. The van der Waals surface area contributed by atoms with Crippen molar-refractivity contribution in [3.05, 3.63) is 0 Å². The van der Waals surface area contributed by atoms with Gasteiger partial charge in [-0.15, -0.1) is 0 Å². The molecule has 3 fully saturated rings. The highest BCUT2D eigenvalue weighted by Crippen LogP contribution is 2.33. The van der Waals surface area contributed by atoms with E-state index in [2.05, 4.69) is 0 Å². The zero-order valence-electron chi connectivity index (χ0n) is 23.5. The van der Waals surface area contributed by atoms with Gasteiger partial charge in [-0.3, -0.25) is 0 Å². The first-order valence-corrected chi connectivity index (χ1v) is 13.9. The molecule has 19 atom stereocenters. The van der Waals surface area contributed by atoms with Gasteiger partial charge in [-0.1, -0.05) is 0 Å². The summed E-state index contributed by atoms with van der Waals surface area (Å²) in [6.45, 7) is -3.72. The molecule has 45 heavy (non-hydrogen) atoms. The van der Waals surface area contributed by atoms with E-state index < -0.39 is 143 Å². The van der Waals surface area contributed by atoms with Crippen LogP contribution in [0.3, 0.4) is 0 Å². The third-order valence-electron chi connectivity index (χ3n) is 7.76. The fourth-order valence-electron chi connectivity index (χ4n) is 5.07. The predicted octanol–water partition coefficient (Wildman–Crippen LogP) is -9.91. The molecule has 0 saturated carbocycles. The molecule has 0 amide bonds. The minimum atomic E-state index is -2.13. The summed E-state index contributed by atoms with van der Waals surface area (Å²) in [6.07, 6.45) is -35.9. The van der Waals surface area contributed by atoms with Crippen LogP contribution in [-0.2, 0) is 33.2 Å². The molecule has 264 valence electrons. The molecule has 0 spiro atoms. The lowest BCUT2D eigenvalue weighted by atomic mass is 9.96. The van der Waals surface area contributed by atoms with Gasteiger partial charge < -0.3 is 105 Å². The molecule has 3 aliphatic heterocycles. The minimum absolute atomic E-state index is 0.0878. The molecule has 3 saturated heterocycles. The van der Waals surface area contributed by atoms with Crippen LogP contribution in [0.15, 0.2) is 0 Å². The van der Waals surface area contributed by atoms with Gasteiger partial charge in [-0.05, 0) is 0 Å². The van der Waals surface area contributed by atoms with Gasteiger partial charge in [0.2, 0.25) is 0 Å². The molecule has 19 unspecified atom stereocenters. The second-order valence-corrected chi connectivity index (χ2v) is 10.8.